The first-order valence-electron chi connectivity index (χ1n) is 4.25. The Morgan fingerprint density at radius 1 is 1.31 bits per heavy atom. The minimum atomic E-state index is 0.0671. The molecule has 13 heavy (non-hydrogen) atoms. The zero-order chi connectivity index (χ0) is 10.1. The van der Waals surface area contributed by atoms with Crippen LogP contribution in [0.5, 0.6) is 0 Å². The van der Waals surface area contributed by atoms with Crippen molar-refractivity contribution in [2.24, 2.45) is 0 Å². The number of hydrogen-bond donors (Lipinski definition) is 1. The molecule has 0 aliphatic heterocycles. The summed E-state index contributed by atoms with van der Waals surface area (Å²) >= 11 is 6.09. The van der Waals surface area contributed by atoms with Crippen LogP contribution in [-0.4, -0.2) is 6.21 Å². The molecule has 0 aliphatic carbocycles. The highest BCUT2D eigenvalue weighted by Gasteiger charge is 2.16. The second-order valence-corrected chi connectivity index (χ2v) is 4.54. The molecule has 0 aromatic heterocycles. The molecular formula is C11H14ClN. The monoisotopic (exact) mass is 195 g/mol. The molecule has 0 saturated carbocycles. The van der Waals surface area contributed by atoms with E-state index >= 15 is 0 Å². The van der Waals surface area contributed by atoms with Gasteiger partial charge in [0.1, 0.15) is 0 Å². The predicted octanol–water partition coefficient (Wildman–Crippen LogP) is 3.64. The van der Waals surface area contributed by atoms with Crippen molar-refractivity contribution >= 4 is 17.8 Å². The van der Waals surface area contributed by atoms with E-state index in [4.69, 9.17) is 17.0 Å². The van der Waals surface area contributed by atoms with Gasteiger partial charge in [-0.15, -0.1) is 0 Å². The minimum Gasteiger partial charge on any atom is -0.308 e. The van der Waals surface area contributed by atoms with Crippen molar-refractivity contribution in [3.8, 4) is 0 Å². The van der Waals surface area contributed by atoms with Crippen LogP contribution in [-0.2, 0) is 5.41 Å². The molecule has 0 unspecified atom stereocenters. The van der Waals surface area contributed by atoms with Crippen LogP contribution >= 0.6 is 11.6 Å². The van der Waals surface area contributed by atoms with E-state index in [2.05, 4.69) is 20.8 Å². The van der Waals surface area contributed by atoms with Crippen LogP contribution in [0.15, 0.2) is 18.2 Å². The molecule has 1 nitrogen and oxygen atoms in total. The van der Waals surface area contributed by atoms with Gasteiger partial charge in [0.2, 0.25) is 0 Å². The summed E-state index contributed by atoms with van der Waals surface area (Å²) in [5, 5.41) is 7.83. The number of hydrogen-bond acceptors (Lipinski definition) is 1. The normalized spacial score (nSPS) is 11.4. The van der Waals surface area contributed by atoms with Gasteiger partial charge < -0.3 is 5.41 Å². The molecule has 1 aromatic carbocycles. The van der Waals surface area contributed by atoms with Gasteiger partial charge in [0.05, 0.1) is 0 Å². The fraction of sp³-hybridized carbons (Fsp3) is 0.364. The molecule has 0 heterocycles. The molecule has 0 fully saturated rings. The second-order valence-electron chi connectivity index (χ2n) is 4.13. The maximum Gasteiger partial charge on any atom is 0.0449 e. The van der Waals surface area contributed by atoms with Crippen molar-refractivity contribution in [3.63, 3.8) is 0 Å². The van der Waals surface area contributed by atoms with Crippen LogP contribution in [0.4, 0.5) is 0 Å². The van der Waals surface area contributed by atoms with Crippen molar-refractivity contribution in [2.75, 3.05) is 0 Å². The van der Waals surface area contributed by atoms with E-state index in [-0.39, 0.29) is 5.41 Å². The third kappa shape index (κ3) is 2.31. The van der Waals surface area contributed by atoms with E-state index in [9.17, 15) is 0 Å². The van der Waals surface area contributed by atoms with Gasteiger partial charge in [0.15, 0.2) is 0 Å². The van der Waals surface area contributed by atoms with Crippen LogP contribution in [0.3, 0.4) is 0 Å². The number of benzene rings is 1. The smallest absolute Gasteiger partial charge is 0.0449 e. The molecule has 0 bridgehead atoms. The topological polar surface area (TPSA) is 23.9 Å². The van der Waals surface area contributed by atoms with Crippen molar-refractivity contribution in [1.29, 1.82) is 5.41 Å². The lowest BCUT2D eigenvalue weighted by Gasteiger charge is -2.20. The van der Waals surface area contributed by atoms with E-state index in [1.807, 2.05) is 18.2 Å². The molecule has 0 atom stereocenters. The zero-order valence-electron chi connectivity index (χ0n) is 8.19. The van der Waals surface area contributed by atoms with Crippen molar-refractivity contribution < 1.29 is 0 Å². The molecule has 0 saturated heterocycles. The highest BCUT2D eigenvalue weighted by molar-refractivity contribution is 6.31. The lowest BCUT2D eigenvalue weighted by molar-refractivity contribution is 0.590. The van der Waals surface area contributed by atoms with Crippen LogP contribution in [0.25, 0.3) is 0 Å². The largest absolute Gasteiger partial charge is 0.308 e. The molecule has 2 heteroatoms. The number of nitrogens with one attached hydrogen (secondary N) is 1. The van der Waals surface area contributed by atoms with Gasteiger partial charge in [0.25, 0.3) is 0 Å². The van der Waals surface area contributed by atoms with E-state index in [1.165, 1.54) is 6.21 Å². The van der Waals surface area contributed by atoms with Crippen LogP contribution < -0.4 is 0 Å². The van der Waals surface area contributed by atoms with Gasteiger partial charge in [-0.1, -0.05) is 44.5 Å². The van der Waals surface area contributed by atoms with Gasteiger partial charge in [-0.25, -0.2) is 0 Å². The second kappa shape index (κ2) is 3.51. The van der Waals surface area contributed by atoms with Crippen molar-refractivity contribution in [2.45, 2.75) is 26.2 Å². The Labute approximate surface area is 84.2 Å². The first-order valence-corrected chi connectivity index (χ1v) is 4.63. The van der Waals surface area contributed by atoms with E-state index in [0.717, 1.165) is 16.1 Å². The average molecular weight is 196 g/mol. The summed E-state index contributed by atoms with van der Waals surface area (Å²) in [4.78, 5) is 0. The summed E-state index contributed by atoms with van der Waals surface area (Å²) in [6.45, 7) is 6.37. The quantitative estimate of drug-likeness (QED) is 0.662. The minimum absolute atomic E-state index is 0.0671. The Bertz CT molecular complexity index is 323. The molecule has 1 rings (SSSR count). The van der Waals surface area contributed by atoms with Gasteiger partial charge in [-0.3, -0.25) is 0 Å². The van der Waals surface area contributed by atoms with E-state index < -0.39 is 0 Å². The van der Waals surface area contributed by atoms with Gasteiger partial charge in [-0.05, 0) is 22.6 Å². The van der Waals surface area contributed by atoms with Crippen LogP contribution in [0.2, 0.25) is 5.02 Å². The maximum atomic E-state index is 7.08. The molecule has 0 aliphatic rings. The molecule has 70 valence electrons. The summed E-state index contributed by atoms with van der Waals surface area (Å²) < 4.78 is 0. The SMILES string of the molecule is CC(C)(C)c1ccc(C=N)cc1Cl. The van der Waals surface area contributed by atoms with E-state index in [0.29, 0.717) is 0 Å². The molecule has 0 amide bonds. The molecule has 1 N–H and O–H groups in total. The Morgan fingerprint density at radius 2 is 1.92 bits per heavy atom. The van der Waals surface area contributed by atoms with Crippen molar-refractivity contribution in [1.82, 2.24) is 0 Å². The Balaban J connectivity index is 3.20. The third-order valence-corrected chi connectivity index (χ3v) is 2.28. The van der Waals surface area contributed by atoms with Crippen molar-refractivity contribution in [3.05, 3.63) is 34.3 Å². The summed E-state index contributed by atoms with van der Waals surface area (Å²) in [5.74, 6) is 0. The number of halogens is 1. The average Bonchev–Trinajstić information content (AvgIpc) is 2.01. The van der Waals surface area contributed by atoms with Crippen LogP contribution in [0.1, 0.15) is 31.9 Å². The summed E-state index contributed by atoms with van der Waals surface area (Å²) in [5.41, 5.74) is 2.04. The van der Waals surface area contributed by atoms with E-state index in [1.54, 1.807) is 0 Å². The predicted molar refractivity (Wildman–Crippen MR) is 58.0 cm³/mol. The molecule has 1 aromatic rings. The molecule has 0 radical (unpaired) electrons. The summed E-state index contributed by atoms with van der Waals surface area (Å²) in [7, 11) is 0. The summed E-state index contributed by atoms with van der Waals surface area (Å²) in [6, 6.07) is 5.73. The summed E-state index contributed by atoms with van der Waals surface area (Å²) in [6.07, 6.45) is 1.30. The van der Waals surface area contributed by atoms with Gasteiger partial charge in [-0.2, -0.15) is 0 Å². The highest BCUT2D eigenvalue weighted by atomic mass is 35.5. The van der Waals surface area contributed by atoms with Gasteiger partial charge in [0, 0.05) is 11.2 Å². The Kier molecular flexibility index (Phi) is 2.77. The van der Waals surface area contributed by atoms with Gasteiger partial charge >= 0.3 is 0 Å². The molecule has 0 spiro atoms. The third-order valence-electron chi connectivity index (χ3n) is 1.97. The fourth-order valence-electron chi connectivity index (χ4n) is 1.23. The zero-order valence-corrected chi connectivity index (χ0v) is 8.94. The highest BCUT2D eigenvalue weighted by Crippen LogP contribution is 2.29. The molecular weight excluding hydrogens is 182 g/mol. The Morgan fingerprint density at radius 3 is 2.31 bits per heavy atom. The standard InChI is InChI=1S/C11H14ClN/c1-11(2,3)9-5-4-8(7-13)6-10(9)12/h4-7,13H,1-3H3. The number of rotatable bonds is 1. The van der Waals surface area contributed by atoms with Crippen LogP contribution in [0, 0.1) is 5.41 Å². The lowest BCUT2D eigenvalue weighted by Crippen LogP contribution is -2.11. The Hall–Kier alpha value is -0.820. The first kappa shape index (κ1) is 10.3. The first-order chi connectivity index (χ1) is 5.95. The fourth-order valence-corrected chi connectivity index (χ4v) is 1.70. The maximum absolute atomic E-state index is 7.08. The lowest BCUT2D eigenvalue weighted by atomic mass is 9.86.